The zero-order valence-electron chi connectivity index (χ0n) is 20.7. The standard InChI is InChI=1S/C22H27B3N6O5/c1-35-18-12(21-29-16(7-8-32)31-36-21)3-2-4-14(18)27-15-9-17(28-19(33)11-5-6-11)26-10-13(15)20(34)30-22(23,24)25/h2-4,9-11,32H,5-8,23-25H2,1H3,(H,30,34)(H2,26,27,28,33). The highest BCUT2D eigenvalue weighted by atomic mass is 16.5. The van der Waals surface area contributed by atoms with Gasteiger partial charge in [-0.05, 0) is 30.2 Å². The summed E-state index contributed by atoms with van der Waals surface area (Å²) in [6.45, 7) is -0.0984. The fourth-order valence-electron chi connectivity index (χ4n) is 3.52. The van der Waals surface area contributed by atoms with Crippen molar-refractivity contribution >= 4 is 52.5 Å². The Morgan fingerprint density at radius 1 is 1.25 bits per heavy atom. The number of amides is 2. The largest absolute Gasteiger partial charge is 0.494 e. The van der Waals surface area contributed by atoms with E-state index in [9.17, 15) is 9.59 Å². The molecule has 184 valence electrons. The number of hydrogen-bond donors (Lipinski definition) is 4. The zero-order valence-corrected chi connectivity index (χ0v) is 20.7. The number of aromatic nitrogens is 3. The van der Waals surface area contributed by atoms with Crippen molar-refractivity contribution in [2.75, 3.05) is 24.4 Å². The number of ether oxygens (including phenoxy) is 1. The van der Waals surface area contributed by atoms with Crippen LogP contribution >= 0.6 is 0 Å². The van der Waals surface area contributed by atoms with Gasteiger partial charge in [-0.3, -0.25) is 9.59 Å². The Kier molecular flexibility index (Phi) is 7.34. The van der Waals surface area contributed by atoms with Crippen molar-refractivity contribution in [1.29, 1.82) is 0 Å². The second-order valence-corrected chi connectivity index (χ2v) is 9.58. The van der Waals surface area contributed by atoms with E-state index in [0.717, 1.165) is 12.8 Å². The van der Waals surface area contributed by atoms with Crippen LogP contribution in [0.4, 0.5) is 17.2 Å². The quantitative estimate of drug-likeness (QED) is 0.264. The van der Waals surface area contributed by atoms with Gasteiger partial charge in [0.15, 0.2) is 11.6 Å². The van der Waals surface area contributed by atoms with Gasteiger partial charge < -0.3 is 30.3 Å². The zero-order chi connectivity index (χ0) is 25.9. The van der Waals surface area contributed by atoms with Crippen LogP contribution in [0.5, 0.6) is 5.75 Å². The Balaban J connectivity index is 1.70. The topological polar surface area (TPSA) is 151 Å². The molecule has 11 nitrogen and oxygen atoms in total. The molecule has 1 aliphatic carbocycles. The number of para-hydroxylation sites is 1. The third-order valence-electron chi connectivity index (χ3n) is 5.36. The number of carbonyl (C=O) groups is 2. The van der Waals surface area contributed by atoms with Gasteiger partial charge in [0.1, 0.15) is 29.4 Å². The van der Waals surface area contributed by atoms with Gasteiger partial charge in [-0.25, -0.2) is 4.98 Å². The third kappa shape index (κ3) is 6.06. The average Bonchev–Trinajstić information content (AvgIpc) is 3.57. The van der Waals surface area contributed by atoms with E-state index in [0.29, 0.717) is 39.9 Å². The first-order valence-electron chi connectivity index (χ1n) is 11.7. The smallest absolute Gasteiger partial charge is 0.261 e. The molecule has 14 heteroatoms. The summed E-state index contributed by atoms with van der Waals surface area (Å²) in [6, 6.07) is 6.95. The van der Waals surface area contributed by atoms with Gasteiger partial charge in [-0.15, -0.1) is 0 Å². The van der Waals surface area contributed by atoms with Crippen molar-refractivity contribution in [2.24, 2.45) is 5.92 Å². The number of nitrogens with zero attached hydrogens (tertiary/aromatic N) is 3. The van der Waals surface area contributed by atoms with Gasteiger partial charge in [0.25, 0.3) is 11.8 Å². The Labute approximate surface area is 211 Å². The lowest BCUT2D eigenvalue weighted by Gasteiger charge is -2.22. The fraction of sp³-hybridized carbons (Fsp3) is 0.318. The molecule has 0 aliphatic heterocycles. The van der Waals surface area contributed by atoms with Crippen LogP contribution in [0.15, 0.2) is 35.0 Å². The SMILES string of the molecule is BC(B)(B)NC(=O)c1cnc(NC(=O)C2CC2)cc1Nc1cccc(-c2nc(CCO)no2)c1OC. The summed E-state index contributed by atoms with van der Waals surface area (Å²) < 4.78 is 11.0. The Bertz CT molecular complexity index is 1280. The highest BCUT2D eigenvalue weighted by molar-refractivity contribution is 6.60. The van der Waals surface area contributed by atoms with Crippen LogP contribution in [0.1, 0.15) is 29.0 Å². The number of hydrogen-bond acceptors (Lipinski definition) is 9. The summed E-state index contributed by atoms with van der Waals surface area (Å²) in [5.74, 6) is 0.958. The van der Waals surface area contributed by atoms with E-state index >= 15 is 0 Å². The number of benzene rings is 1. The monoisotopic (exact) mass is 488 g/mol. The maximum absolute atomic E-state index is 13.1. The van der Waals surface area contributed by atoms with Crippen LogP contribution in [-0.2, 0) is 11.2 Å². The molecule has 1 aliphatic rings. The molecule has 0 unspecified atom stereocenters. The fourth-order valence-corrected chi connectivity index (χ4v) is 3.52. The van der Waals surface area contributed by atoms with Gasteiger partial charge in [0, 0.05) is 24.6 Å². The first kappa shape index (κ1) is 25.3. The minimum absolute atomic E-state index is 0.00831. The van der Waals surface area contributed by atoms with E-state index in [-0.39, 0.29) is 36.7 Å². The number of methoxy groups -OCH3 is 1. The summed E-state index contributed by atoms with van der Waals surface area (Å²) in [5.41, 5.74) is 1.80. The van der Waals surface area contributed by atoms with Crippen molar-refractivity contribution < 1.29 is 24.0 Å². The Morgan fingerprint density at radius 3 is 2.69 bits per heavy atom. The van der Waals surface area contributed by atoms with E-state index in [4.69, 9.17) is 14.4 Å². The minimum Gasteiger partial charge on any atom is -0.494 e. The molecule has 36 heavy (non-hydrogen) atoms. The summed E-state index contributed by atoms with van der Waals surface area (Å²) in [7, 11) is 7.17. The van der Waals surface area contributed by atoms with Gasteiger partial charge in [-0.2, -0.15) is 4.98 Å². The lowest BCUT2D eigenvalue weighted by Crippen LogP contribution is -2.50. The number of anilines is 3. The summed E-state index contributed by atoms with van der Waals surface area (Å²) >= 11 is 0. The number of aliphatic hydroxyl groups is 1. The van der Waals surface area contributed by atoms with Crippen molar-refractivity contribution in [1.82, 2.24) is 20.4 Å². The first-order chi connectivity index (χ1) is 17.2. The van der Waals surface area contributed by atoms with Gasteiger partial charge in [0.2, 0.25) is 5.91 Å². The van der Waals surface area contributed by atoms with Crippen LogP contribution in [0.25, 0.3) is 11.5 Å². The molecule has 2 amide bonds. The lowest BCUT2D eigenvalue weighted by atomic mass is 9.49. The van der Waals surface area contributed by atoms with Crippen molar-refractivity contribution in [3.05, 3.63) is 41.9 Å². The average molecular weight is 488 g/mol. The van der Waals surface area contributed by atoms with E-state index in [2.05, 4.69) is 31.1 Å². The highest BCUT2D eigenvalue weighted by Crippen LogP contribution is 2.38. The highest BCUT2D eigenvalue weighted by Gasteiger charge is 2.30. The van der Waals surface area contributed by atoms with E-state index in [1.807, 2.05) is 23.5 Å². The first-order valence-corrected chi connectivity index (χ1v) is 11.7. The molecule has 1 aromatic carbocycles. The molecule has 0 saturated heterocycles. The lowest BCUT2D eigenvalue weighted by molar-refractivity contribution is -0.117. The van der Waals surface area contributed by atoms with E-state index in [1.165, 1.54) is 13.3 Å². The second-order valence-electron chi connectivity index (χ2n) is 9.58. The minimum atomic E-state index is -0.463. The number of carbonyl (C=O) groups excluding carboxylic acids is 2. The number of pyridine rings is 1. The van der Waals surface area contributed by atoms with Crippen LogP contribution in [0, 0.1) is 5.92 Å². The number of rotatable bonds is 10. The van der Waals surface area contributed by atoms with Crippen molar-refractivity contribution in [3.8, 4) is 17.2 Å². The Morgan fingerprint density at radius 2 is 2.03 bits per heavy atom. The molecule has 4 rings (SSSR count). The van der Waals surface area contributed by atoms with Crippen LogP contribution in [0.3, 0.4) is 0 Å². The summed E-state index contributed by atoms with van der Waals surface area (Å²) in [5, 5.41) is 21.6. The van der Waals surface area contributed by atoms with Crippen molar-refractivity contribution in [3.63, 3.8) is 0 Å². The normalized spacial score (nSPS) is 13.2. The molecule has 0 atom stereocenters. The van der Waals surface area contributed by atoms with E-state index < -0.39 is 5.24 Å². The molecular weight excluding hydrogens is 461 g/mol. The molecule has 2 heterocycles. The molecular formula is C22H27B3N6O5. The van der Waals surface area contributed by atoms with Crippen LogP contribution < -0.4 is 20.7 Å². The molecule has 2 aromatic heterocycles. The molecule has 0 radical (unpaired) electrons. The molecule has 3 aromatic rings. The number of aliphatic hydroxyl groups excluding tert-OH is 1. The van der Waals surface area contributed by atoms with Crippen LogP contribution in [-0.4, -0.2) is 74.5 Å². The predicted octanol–water partition coefficient (Wildman–Crippen LogP) is -0.992. The van der Waals surface area contributed by atoms with Crippen molar-refractivity contribution in [2.45, 2.75) is 24.5 Å². The van der Waals surface area contributed by atoms with E-state index in [1.54, 1.807) is 24.3 Å². The molecule has 1 saturated carbocycles. The molecule has 0 spiro atoms. The predicted molar refractivity (Wildman–Crippen MR) is 142 cm³/mol. The summed E-state index contributed by atoms with van der Waals surface area (Å²) in [6.07, 6.45) is 3.43. The molecule has 0 bridgehead atoms. The van der Waals surface area contributed by atoms with Gasteiger partial charge in [-0.1, -0.05) is 11.2 Å². The third-order valence-corrected chi connectivity index (χ3v) is 5.36. The second kappa shape index (κ2) is 10.4. The van der Waals surface area contributed by atoms with Gasteiger partial charge >= 0.3 is 0 Å². The van der Waals surface area contributed by atoms with Crippen LogP contribution in [0.2, 0.25) is 0 Å². The molecule has 1 fully saturated rings. The summed E-state index contributed by atoms with van der Waals surface area (Å²) in [4.78, 5) is 34.0. The molecule has 4 N–H and O–H groups in total. The maximum atomic E-state index is 13.1. The maximum Gasteiger partial charge on any atom is 0.261 e. The Hall–Kier alpha value is -3.80. The van der Waals surface area contributed by atoms with Gasteiger partial charge in [0.05, 0.1) is 36.2 Å². The number of nitrogens with one attached hydrogen (secondary N) is 3.